The van der Waals surface area contributed by atoms with Gasteiger partial charge in [-0.25, -0.2) is 0 Å². The highest BCUT2D eigenvalue weighted by Crippen LogP contribution is 2.28. The predicted molar refractivity (Wildman–Crippen MR) is 62.8 cm³/mol. The molecule has 0 aromatic heterocycles. The number of amides is 2. The van der Waals surface area contributed by atoms with Crippen molar-refractivity contribution in [2.24, 2.45) is 11.8 Å². The van der Waals surface area contributed by atoms with Crippen molar-refractivity contribution in [3.63, 3.8) is 0 Å². The first kappa shape index (κ1) is 13.0. The quantitative estimate of drug-likeness (QED) is 0.638. The maximum Gasteiger partial charge on any atom is 0.223 e. The van der Waals surface area contributed by atoms with E-state index in [9.17, 15) is 9.59 Å². The molecule has 0 saturated heterocycles. The average Bonchev–Trinajstić information content (AvgIpc) is 3.04. The van der Waals surface area contributed by atoms with E-state index < -0.39 is 0 Å². The minimum absolute atomic E-state index is 0.0781. The maximum absolute atomic E-state index is 11.3. The zero-order chi connectivity index (χ0) is 12.0. The Hall–Kier alpha value is -1.06. The molecule has 4 heteroatoms. The molecule has 1 aliphatic rings. The lowest BCUT2D eigenvalue weighted by Gasteiger charge is -2.07. The summed E-state index contributed by atoms with van der Waals surface area (Å²) >= 11 is 0. The fourth-order valence-electron chi connectivity index (χ4n) is 1.39. The molecule has 0 bridgehead atoms. The molecule has 0 aromatic rings. The largest absolute Gasteiger partial charge is 0.354 e. The Kier molecular flexibility index (Phi) is 5.29. The first-order valence-electron chi connectivity index (χ1n) is 6.14. The molecule has 0 heterocycles. The summed E-state index contributed by atoms with van der Waals surface area (Å²) in [6.07, 6.45) is 3.54. The monoisotopic (exact) mass is 226 g/mol. The third kappa shape index (κ3) is 5.73. The Labute approximate surface area is 97.2 Å². The normalized spacial score (nSPS) is 14.9. The Bertz CT molecular complexity index is 247. The summed E-state index contributed by atoms with van der Waals surface area (Å²) in [6, 6.07) is 0. The van der Waals surface area contributed by atoms with Crippen molar-refractivity contribution < 1.29 is 9.59 Å². The molecule has 1 aliphatic carbocycles. The zero-order valence-corrected chi connectivity index (χ0v) is 10.2. The fraction of sp³-hybridized carbons (Fsp3) is 0.833. The molecule has 92 valence electrons. The second-order valence-corrected chi connectivity index (χ2v) is 4.85. The molecule has 0 aromatic carbocycles. The van der Waals surface area contributed by atoms with Gasteiger partial charge < -0.3 is 10.6 Å². The van der Waals surface area contributed by atoms with Crippen LogP contribution < -0.4 is 10.6 Å². The third-order valence-electron chi connectivity index (χ3n) is 2.64. The molecule has 1 rings (SSSR count). The van der Waals surface area contributed by atoms with E-state index in [0.29, 0.717) is 25.4 Å². The van der Waals surface area contributed by atoms with Crippen LogP contribution in [0.5, 0.6) is 0 Å². The maximum atomic E-state index is 11.3. The summed E-state index contributed by atoms with van der Waals surface area (Å²) in [6.45, 7) is 5.28. The van der Waals surface area contributed by atoms with Gasteiger partial charge in [0.25, 0.3) is 0 Å². The number of hydrogen-bond donors (Lipinski definition) is 2. The smallest absolute Gasteiger partial charge is 0.223 e. The van der Waals surface area contributed by atoms with Gasteiger partial charge in [0, 0.05) is 25.4 Å². The second kappa shape index (κ2) is 6.51. The number of carbonyl (C=O) groups is 2. The van der Waals surface area contributed by atoms with Crippen molar-refractivity contribution >= 4 is 11.8 Å². The Morgan fingerprint density at radius 2 is 1.81 bits per heavy atom. The van der Waals surface area contributed by atoms with Gasteiger partial charge in [-0.2, -0.15) is 0 Å². The van der Waals surface area contributed by atoms with Gasteiger partial charge in [0.1, 0.15) is 0 Å². The fourth-order valence-corrected chi connectivity index (χ4v) is 1.39. The summed E-state index contributed by atoms with van der Waals surface area (Å²) in [5.74, 6) is 1.02. The van der Waals surface area contributed by atoms with Crippen LogP contribution in [0.25, 0.3) is 0 Å². The van der Waals surface area contributed by atoms with Crippen LogP contribution in [0.1, 0.15) is 39.5 Å². The first-order valence-corrected chi connectivity index (χ1v) is 6.14. The van der Waals surface area contributed by atoms with Crippen molar-refractivity contribution in [1.82, 2.24) is 10.6 Å². The van der Waals surface area contributed by atoms with Gasteiger partial charge in [0.2, 0.25) is 11.8 Å². The van der Waals surface area contributed by atoms with Crippen LogP contribution in [0.4, 0.5) is 0 Å². The van der Waals surface area contributed by atoms with Gasteiger partial charge in [0.15, 0.2) is 0 Å². The summed E-state index contributed by atoms with van der Waals surface area (Å²) < 4.78 is 0. The third-order valence-corrected chi connectivity index (χ3v) is 2.64. The molecule has 0 atom stereocenters. The second-order valence-electron chi connectivity index (χ2n) is 4.85. The summed E-state index contributed by atoms with van der Waals surface area (Å²) in [5, 5.41) is 5.61. The van der Waals surface area contributed by atoms with Crippen LogP contribution in [0, 0.1) is 11.8 Å². The van der Waals surface area contributed by atoms with Crippen LogP contribution in [-0.4, -0.2) is 24.9 Å². The summed E-state index contributed by atoms with van der Waals surface area (Å²) in [4.78, 5) is 22.6. The van der Waals surface area contributed by atoms with Gasteiger partial charge in [-0.05, 0) is 25.2 Å². The van der Waals surface area contributed by atoms with Crippen LogP contribution in [0.3, 0.4) is 0 Å². The molecule has 1 fully saturated rings. The van der Waals surface area contributed by atoms with E-state index in [1.165, 1.54) is 0 Å². The van der Waals surface area contributed by atoms with Gasteiger partial charge in [-0.1, -0.05) is 13.8 Å². The highest BCUT2D eigenvalue weighted by Gasteiger charge is 2.28. The van der Waals surface area contributed by atoms with Gasteiger partial charge >= 0.3 is 0 Å². The minimum atomic E-state index is 0.0781. The Morgan fingerprint density at radius 1 is 1.19 bits per heavy atom. The molecule has 0 unspecified atom stereocenters. The molecule has 2 amide bonds. The van der Waals surface area contributed by atoms with Crippen LogP contribution in [0.2, 0.25) is 0 Å². The van der Waals surface area contributed by atoms with E-state index in [4.69, 9.17) is 0 Å². The van der Waals surface area contributed by atoms with E-state index in [-0.39, 0.29) is 17.7 Å². The summed E-state index contributed by atoms with van der Waals surface area (Å²) in [7, 11) is 0. The molecule has 0 aliphatic heterocycles. The SMILES string of the molecule is CC(C)CCC(=O)NCCNC(=O)C1CC1. The molecule has 1 saturated carbocycles. The average molecular weight is 226 g/mol. The number of nitrogens with one attached hydrogen (secondary N) is 2. The van der Waals surface area contributed by atoms with Crippen molar-refractivity contribution in [2.75, 3.05) is 13.1 Å². The topological polar surface area (TPSA) is 58.2 Å². The Balaban J connectivity index is 1.93. The Morgan fingerprint density at radius 3 is 2.38 bits per heavy atom. The van der Waals surface area contributed by atoms with Crippen LogP contribution in [-0.2, 0) is 9.59 Å². The van der Waals surface area contributed by atoms with Crippen molar-refractivity contribution in [3.05, 3.63) is 0 Å². The lowest BCUT2D eigenvalue weighted by atomic mass is 10.1. The molecular weight excluding hydrogens is 204 g/mol. The van der Waals surface area contributed by atoms with Crippen molar-refractivity contribution in [1.29, 1.82) is 0 Å². The van der Waals surface area contributed by atoms with E-state index in [1.807, 2.05) is 0 Å². The highest BCUT2D eigenvalue weighted by atomic mass is 16.2. The van der Waals surface area contributed by atoms with Gasteiger partial charge in [-0.3, -0.25) is 9.59 Å². The van der Waals surface area contributed by atoms with Crippen LogP contribution >= 0.6 is 0 Å². The summed E-state index contributed by atoms with van der Waals surface area (Å²) in [5.41, 5.74) is 0. The van der Waals surface area contributed by atoms with E-state index in [1.54, 1.807) is 0 Å². The zero-order valence-electron chi connectivity index (χ0n) is 10.2. The molecule has 0 radical (unpaired) electrons. The van der Waals surface area contributed by atoms with Crippen molar-refractivity contribution in [2.45, 2.75) is 39.5 Å². The molecule has 2 N–H and O–H groups in total. The lowest BCUT2D eigenvalue weighted by Crippen LogP contribution is -2.35. The van der Waals surface area contributed by atoms with Gasteiger partial charge in [0.05, 0.1) is 0 Å². The molecule has 0 spiro atoms. The van der Waals surface area contributed by atoms with E-state index in [0.717, 1.165) is 19.3 Å². The molecule has 16 heavy (non-hydrogen) atoms. The van der Waals surface area contributed by atoms with E-state index >= 15 is 0 Å². The number of rotatable bonds is 7. The number of carbonyl (C=O) groups excluding carboxylic acids is 2. The molecular formula is C12H22N2O2. The number of hydrogen-bond acceptors (Lipinski definition) is 2. The first-order chi connectivity index (χ1) is 7.59. The van der Waals surface area contributed by atoms with Crippen molar-refractivity contribution in [3.8, 4) is 0 Å². The lowest BCUT2D eigenvalue weighted by molar-refractivity contribution is -0.123. The highest BCUT2D eigenvalue weighted by molar-refractivity contribution is 5.81. The minimum Gasteiger partial charge on any atom is -0.354 e. The molecule has 4 nitrogen and oxygen atoms in total. The predicted octanol–water partition coefficient (Wildman–Crippen LogP) is 1.06. The van der Waals surface area contributed by atoms with E-state index in [2.05, 4.69) is 24.5 Å². The van der Waals surface area contributed by atoms with Gasteiger partial charge in [-0.15, -0.1) is 0 Å². The van der Waals surface area contributed by atoms with Crippen LogP contribution in [0.15, 0.2) is 0 Å². The standard InChI is InChI=1S/C12H22N2O2/c1-9(2)3-6-11(15)13-7-8-14-12(16)10-4-5-10/h9-10H,3-8H2,1-2H3,(H,13,15)(H,14,16).